The highest BCUT2D eigenvalue weighted by Crippen LogP contribution is 2.30. The van der Waals surface area contributed by atoms with Crippen LogP contribution in [0.5, 0.6) is 0 Å². The molecule has 0 atom stereocenters. The molecule has 0 spiro atoms. The highest BCUT2D eigenvalue weighted by molar-refractivity contribution is 5.91. The van der Waals surface area contributed by atoms with Gasteiger partial charge in [0.2, 0.25) is 11.8 Å². The molecular formula is C19H18F4N2O2. The first-order chi connectivity index (χ1) is 12.7. The van der Waals surface area contributed by atoms with Crippen LogP contribution in [0.2, 0.25) is 0 Å². The summed E-state index contributed by atoms with van der Waals surface area (Å²) >= 11 is 0. The second-order valence-corrected chi connectivity index (χ2v) is 5.87. The minimum Gasteiger partial charge on any atom is -0.354 e. The van der Waals surface area contributed by atoms with Crippen molar-refractivity contribution in [2.24, 2.45) is 0 Å². The zero-order valence-corrected chi connectivity index (χ0v) is 14.5. The number of hydrogen-bond acceptors (Lipinski definition) is 2. The average molecular weight is 382 g/mol. The maximum atomic E-state index is 13.1. The lowest BCUT2D eigenvalue weighted by Crippen LogP contribution is -2.38. The Balaban J connectivity index is 1.93. The molecule has 2 amide bonds. The first kappa shape index (κ1) is 20.4. The van der Waals surface area contributed by atoms with Gasteiger partial charge in [-0.05, 0) is 42.0 Å². The number of alkyl halides is 3. The second kappa shape index (κ2) is 8.66. The second-order valence-electron chi connectivity index (χ2n) is 5.87. The topological polar surface area (TPSA) is 49.4 Å². The Morgan fingerprint density at radius 1 is 1.07 bits per heavy atom. The number of carbonyl (C=O) groups excluding carboxylic acids is 2. The number of nitrogens with one attached hydrogen (secondary N) is 1. The van der Waals surface area contributed by atoms with Crippen LogP contribution in [0, 0.1) is 5.82 Å². The predicted molar refractivity (Wildman–Crippen MR) is 92.6 cm³/mol. The van der Waals surface area contributed by atoms with Gasteiger partial charge in [0.25, 0.3) is 0 Å². The molecule has 2 aromatic rings. The molecule has 27 heavy (non-hydrogen) atoms. The zero-order chi connectivity index (χ0) is 20.0. The molecule has 0 bridgehead atoms. The molecule has 1 N–H and O–H groups in total. The van der Waals surface area contributed by atoms with E-state index < -0.39 is 17.6 Å². The van der Waals surface area contributed by atoms with Crippen LogP contribution in [-0.2, 0) is 22.2 Å². The molecule has 0 radical (unpaired) electrons. The highest BCUT2D eigenvalue weighted by Gasteiger charge is 2.30. The maximum absolute atomic E-state index is 13.1. The molecule has 0 aliphatic rings. The van der Waals surface area contributed by atoms with Crippen molar-refractivity contribution in [3.05, 3.63) is 65.5 Å². The van der Waals surface area contributed by atoms with Crippen molar-refractivity contribution in [3.8, 4) is 0 Å². The minimum atomic E-state index is -4.45. The molecule has 2 rings (SSSR count). The summed E-state index contributed by atoms with van der Waals surface area (Å²) in [4.78, 5) is 25.0. The van der Waals surface area contributed by atoms with E-state index in [1.54, 1.807) is 6.07 Å². The monoisotopic (exact) mass is 382 g/mol. The Morgan fingerprint density at radius 2 is 1.74 bits per heavy atom. The van der Waals surface area contributed by atoms with Crippen LogP contribution >= 0.6 is 0 Å². The van der Waals surface area contributed by atoms with Gasteiger partial charge in [-0.2, -0.15) is 13.2 Å². The van der Waals surface area contributed by atoms with Gasteiger partial charge in [0.1, 0.15) is 5.82 Å². The fraction of sp³-hybridized carbons (Fsp3) is 0.263. The number of carbonyl (C=O) groups is 2. The number of rotatable bonds is 6. The van der Waals surface area contributed by atoms with Gasteiger partial charge in [-0.15, -0.1) is 0 Å². The van der Waals surface area contributed by atoms with E-state index in [0.29, 0.717) is 11.3 Å². The van der Waals surface area contributed by atoms with Crippen LogP contribution in [0.1, 0.15) is 18.1 Å². The van der Waals surface area contributed by atoms with Gasteiger partial charge in [-0.25, -0.2) is 4.39 Å². The van der Waals surface area contributed by atoms with E-state index in [4.69, 9.17) is 0 Å². The Morgan fingerprint density at radius 3 is 2.30 bits per heavy atom. The van der Waals surface area contributed by atoms with Gasteiger partial charge in [0.15, 0.2) is 0 Å². The van der Waals surface area contributed by atoms with E-state index in [0.717, 1.165) is 12.1 Å². The summed E-state index contributed by atoms with van der Waals surface area (Å²) in [6.07, 6.45) is -4.47. The van der Waals surface area contributed by atoms with Crippen molar-refractivity contribution < 1.29 is 27.2 Å². The van der Waals surface area contributed by atoms with Crippen LogP contribution in [0.15, 0.2) is 48.5 Å². The minimum absolute atomic E-state index is 0.0158. The molecule has 0 saturated heterocycles. The largest absolute Gasteiger partial charge is 0.416 e. The Hall–Kier alpha value is -2.90. The molecule has 0 aromatic heterocycles. The quantitative estimate of drug-likeness (QED) is 0.777. The molecular weight excluding hydrogens is 364 g/mol. The lowest BCUT2D eigenvalue weighted by atomic mass is 10.1. The predicted octanol–water partition coefficient (Wildman–Crippen LogP) is 3.56. The summed E-state index contributed by atoms with van der Waals surface area (Å²) < 4.78 is 51.0. The summed E-state index contributed by atoms with van der Waals surface area (Å²) in [6.45, 7) is 1.48. The molecule has 0 saturated carbocycles. The lowest BCUT2D eigenvalue weighted by molar-refractivity contribution is -0.137. The molecule has 144 valence electrons. The van der Waals surface area contributed by atoms with Crippen molar-refractivity contribution >= 4 is 17.5 Å². The molecule has 0 fully saturated rings. The van der Waals surface area contributed by atoms with Crippen molar-refractivity contribution in [3.63, 3.8) is 0 Å². The average Bonchev–Trinajstić information content (AvgIpc) is 2.58. The Labute approximate surface area is 153 Å². The number of halogens is 4. The van der Waals surface area contributed by atoms with E-state index >= 15 is 0 Å². The third-order valence-corrected chi connectivity index (χ3v) is 3.80. The smallest absolute Gasteiger partial charge is 0.354 e. The van der Waals surface area contributed by atoms with Crippen LogP contribution in [0.25, 0.3) is 0 Å². The van der Waals surface area contributed by atoms with Crippen molar-refractivity contribution in [2.45, 2.75) is 19.5 Å². The fourth-order valence-corrected chi connectivity index (χ4v) is 2.50. The van der Waals surface area contributed by atoms with Crippen LogP contribution in [0.3, 0.4) is 0 Å². The molecule has 0 heterocycles. The maximum Gasteiger partial charge on any atom is 0.416 e. The van der Waals surface area contributed by atoms with Gasteiger partial charge in [-0.3, -0.25) is 9.59 Å². The van der Waals surface area contributed by atoms with Crippen LogP contribution in [-0.4, -0.2) is 24.9 Å². The van der Waals surface area contributed by atoms with E-state index in [1.165, 1.54) is 42.2 Å². The zero-order valence-electron chi connectivity index (χ0n) is 14.5. The number of hydrogen-bond donors (Lipinski definition) is 1. The molecule has 0 aliphatic heterocycles. The summed E-state index contributed by atoms with van der Waals surface area (Å²) in [5.41, 5.74) is 0.00620. The first-order valence-corrected chi connectivity index (χ1v) is 8.13. The van der Waals surface area contributed by atoms with E-state index in [2.05, 4.69) is 5.32 Å². The Bertz CT molecular complexity index is 804. The van der Waals surface area contributed by atoms with Gasteiger partial charge in [0, 0.05) is 25.7 Å². The lowest BCUT2D eigenvalue weighted by Gasteiger charge is -2.22. The van der Waals surface area contributed by atoms with Gasteiger partial charge in [-0.1, -0.05) is 12.1 Å². The fourth-order valence-electron chi connectivity index (χ4n) is 2.50. The third kappa shape index (κ3) is 6.09. The molecule has 2 aromatic carbocycles. The van der Waals surface area contributed by atoms with Crippen molar-refractivity contribution in [1.82, 2.24) is 5.32 Å². The van der Waals surface area contributed by atoms with Gasteiger partial charge in [0.05, 0.1) is 12.0 Å². The molecule has 4 nitrogen and oxygen atoms in total. The SMILES string of the molecule is CC(=O)N(CCNC(=O)Cc1cccc(F)c1)c1ccc(C(F)(F)F)cc1. The van der Waals surface area contributed by atoms with E-state index in [1.807, 2.05) is 0 Å². The van der Waals surface area contributed by atoms with Crippen molar-refractivity contribution in [2.75, 3.05) is 18.0 Å². The summed E-state index contributed by atoms with van der Waals surface area (Å²) in [5.74, 6) is -1.16. The van der Waals surface area contributed by atoms with Crippen LogP contribution < -0.4 is 10.2 Å². The van der Waals surface area contributed by atoms with Crippen LogP contribution in [0.4, 0.5) is 23.2 Å². The molecule has 8 heteroatoms. The third-order valence-electron chi connectivity index (χ3n) is 3.80. The molecule has 0 aliphatic carbocycles. The van der Waals surface area contributed by atoms with Crippen molar-refractivity contribution in [1.29, 1.82) is 0 Å². The highest BCUT2D eigenvalue weighted by atomic mass is 19.4. The normalized spacial score (nSPS) is 11.1. The summed E-state index contributed by atoms with van der Waals surface area (Å²) in [7, 11) is 0. The summed E-state index contributed by atoms with van der Waals surface area (Å²) in [6, 6.07) is 9.85. The standard InChI is InChI=1S/C19H18F4N2O2/c1-13(26)25(17-7-5-15(6-8-17)19(21,22)23)10-9-24-18(27)12-14-3-2-4-16(20)11-14/h2-8,11H,9-10,12H2,1H3,(H,24,27). The van der Waals surface area contributed by atoms with E-state index in [-0.39, 0.29) is 31.3 Å². The molecule has 0 unspecified atom stereocenters. The summed E-state index contributed by atoms with van der Waals surface area (Å²) in [5, 5.41) is 2.61. The number of benzene rings is 2. The first-order valence-electron chi connectivity index (χ1n) is 8.13. The van der Waals surface area contributed by atoms with E-state index in [9.17, 15) is 27.2 Å². The number of amides is 2. The van der Waals surface area contributed by atoms with Gasteiger partial charge >= 0.3 is 6.18 Å². The number of anilines is 1. The van der Waals surface area contributed by atoms with Gasteiger partial charge < -0.3 is 10.2 Å². The number of nitrogens with zero attached hydrogens (tertiary/aromatic N) is 1. The Kier molecular flexibility index (Phi) is 6.55.